The first-order chi connectivity index (χ1) is 11.9. The summed E-state index contributed by atoms with van der Waals surface area (Å²) in [4.78, 5) is 24.7. The van der Waals surface area contributed by atoms with Crippen molar-refractivity contribution in [3.05, 3.63) is 64.7 Å². The van der Waals surface area contributed by atoms with Crippen LogP contribution in [0, 0.1) is 31.4 Å². The summed E-state index contributed by atoms with van der Waals surface area (Å²) in [5, 5.41) is 4.89. The molecule has 0 saturated carbocycles. The van der Waals surface area contributed by atoms with Gasteiger partial charge in [0.05, 0.1) is 0 Å². The summed E-state index contributed by atoms with van der Waals surface area (Å²) in [6.07, 6.45) is 0. The zero-order chi connectivity index (χ0) is 18.1. The average molecular weight is 344 g/mol. The lowest BCUT2D eigenvalue weighted by atomic mass is 9.86. The molecule has 2 N–H and O–H groups in total. The summed E-state index contributed by atoms with van der Waals surface area (Å²) in [6.45, 7) is 4.23. The van der Waals surface area contributed by atoms with Gasteiger partial charge in [0.25, 0.3) is 0 Å². The Hall–Kier alpha value is -2.76. The zero-order valence-corrected chi connectivity index (χ0v) is 13.9. The molecule has 2 aromatic carbocycles. The molecule has 1 fully saturated rings. The van der Waals surface area contributed by atoms with Gasteiger partial charge in [0, 0.05) is 12.5 Å². The molecule has 1 aliphatic rings. The second-order valence-corrected chi connectivity index (χ2v) is 6.26. The van der Waals surface area contributed by atoms with Gasteiger partial charge in [-0.25, -0.2) is 8.78 Å². The van der Waals surface area contributed by atoms with E-state index in [0.29, 0.717) is 6.54 Å². The van der Waals surface area contributed by atoms with E-state index in [2.05, 4.69) is 10.6 Å². The van der Waals surface area contributed by atoms with Crippen LogP contribution in [0.3, 0.4) is 0 Å². The largest absolute Gasteiger partial charge is 0.355 e. The molecule has 0 unspecified atom stereocenters. The van der Waals surface area contributed by atoms with Gasteiger partial charge < -0.3 is 10.6 Å². The van der Waals surface area contributed by atoms with Crippen LogP contribution < -0.4 is 10.6 Å². The van der Waals surface area contributed by atoms with Crippen LogP contribution in [0.25, 0.3) is 0 Å². The van der Waals surface area contributed by atoms with Gasteiger partial charge in [-0.1, -0.05) is 24.3 Å². The first-order valence-corrected chi connectivity index (χ1v) is 7.98. The number of para-hydroxylation sites is 1. The smallest absolute Gasteiger partial charge is 0.237 e. The lowest BCUT2D eigenvalue weighted by molar-refractivity contribution is -0.130. The third-order valence-electron chi connectivity index (χ3n) is 4.63. The van der Waals surface area contributed by atoms with Crippen LogP contribution >= 0.6 is 0 Å². The Bertz CT molecular complexity index is 831. The molecule has 1 saturated heterocycles. The van der Waals surface area contributed by atoms with Crippen molar-refractivity contribution in [3.8, 4) is 0 Å². The summed E-state index contributed by atoms with van der Waals surface area (Å²) < 4.78 is 27.5. The summed E-state index contributed by atoms with van der Waals surface area (Å²) in [7, 11) is 0. The number of aryl methyl sites for hydroxylation is 2. The number of carbonyl (C=O) groups is 2. The van der Waals surface area contributed by atoms with Crippen molar-refractivity contribution in [2.45, 2.75) is 19.8 Å². The minimum absolute atomic E-state index is 0.305. The molecule has 1 aliphatic heterocycles. The van der Waals surface area contributed by atoms with Gasteiger partial charge in [-0.2, -0.15) is 0 Å². The van der Waals surface area contributed by atoms with E-state index in [-0.39, 0.29) is 5.92 Å². The number of amides is 2. The molecule has 2 amide bonds. The van der Waals surface area contributed by atoms with E-state index in [0.717, 1.165) is 28.8 Å². The van der Waals surface area contributed by atoms with Crippen molar-refractivity contribution < 1.29 is 18.4 Å². The molecular formula is C19H18F2N2O2. The van der Waals surface area contributed by atoms with Crippen molar-refractivity contribution in [3.63, 3.8) is 0 Å². The summed E-state index contributed by atoms with van der Waals surface area (Å²) >= 11 is 0. The quantitative estimate of drug-likeness (QED) is 0.841. The van der Waals surface area contributed by atoms with Gasteiger partial charge >= 0.3 is 0 Å². The van der Waals surface area contributed by atoms with Gasteiger partial charge in [0.1, 0.15) is 23.2 Å². The third kappa shape index (κ3) is 3.24. The van der Waals surface area contributed by atoms with Gasteiger partial charge in [-0.05, 0) is 42.7 Å². The van der Waals surface area contributed by atoms with Crippen molar-refractivity contribution >= 4 is 17.5 Å². The van der Waals surface area contributed by atoms with Crippen LogP contribution in [0.2, 0.25) is 0 Å². The highest BCUT2D eigenvalue weighted by molar-refractivity contribution is 6.08. The molecule has 25 heavy (non-hydrogen) atoms. The highest BCUT2D eigenvalue weighted by Crippen LogP contribution is 2.31. The fourth-order valence-electron chi connectivity index (χ4n) is 3.05. The molecule has 0 spiro atoms. The number of rotatable bonds is 3. The SMILES string of the molecule is Cc1ccc([C@H]2CNC(=O)[C@@H]2C(=O)Nc2c(F)cccc2F)cc1C. The van der Waals surface area contributed by atoms with Crippen LogP contribution in [-0.2, 0) is 9.59 Å². The molecule has 0 aliphatic carbocycles. The Kier molecular flexibility index (Phi) is 4.53. The molecule has 6 heteroatoms. The first-order valence-electron chi connectivity index (χ1n) is 7.98. The van der Waals surface area contributed by atoms with Gasteiger partial charge in [-0.3, -0.25) is 9.59 Å². The molecule has 0 radical (unpaired) electrons. The number of benzene rings is 2. The second-order valence-electron chi connectivity index (χ2n) is 6.26. The number of hydrogen-bond acceptors (Lipinski definition) is 2. The molecule has 2 aromatic rings. The number of halogens is 2. The molecule has 1 heterocycles. The molecule has 4 nitrogen and oxygen atoms in total. The van der Waals surface area contributed by atoms with E-state index >= 15 is 0 Å². The van der Waals surface area contributed by atoms with Crippen LogP contribution in [-0.4, -0.2) is 18.4 Å². The van der Waals surface area contributed by atoms with Crippen molar-refractivity contribution in [1.82, 2.24) is 5.32 Å². The van der Waals surface area contributed by atoms with E-state index in [9.17, 15) is 18.4 Å². The fraction of sp³-hybridized carbons (Fsp3) is 0.263. The standard InChI is InChI=1S/C19H18F2N2O2/c1-10-6-7-12(8-11(10)2)13-9-22-18(24)16(13)19(25)23-17-14(20)4-3-5-15(17)21/h3-8,13,16H,9H2,1-2H3,(H,22,24)(H,23,25)/t13-,16-/m1/s1. The normalized spacial score (nSPS) is 19.6. The van der Waals surface area contributed by atoms with Crippen molar-refractivity contribution in [1.29, 1.82) is 0 Å². The maximum Gasteiger partial charge on any atom is 0.237 e. The molecular weight excluding hydrogens is 326 g/mol. The van der Waals surface area contributed by atoms with Gasteiger partial charge in [0.15, 0.2) is 0 Å². The Morgan fingerprint density at radius 3 is 2.44 bits per heavy atom. The maximum atomic E-state index is 13.8. The molecule has 130 valence electrons. The highest BCUT2D eigenvalue weighted by Gasteiger charge is 2.41. The Morgan fingerprint density at radius 2 is 1.80 bits per heavy atom. The zero-order valence-electron chi connectivity index (χ0n) is 13.9. The van der Waals surface area contributed by atoms with Crippen molar-refractivity contribution in [2.75, 3.05) is 11.9 Å². The summed E-state index contributed by atoms with van der Waals surface area (Å²) in [6, 6.07) is 9.05. The molecule has 3 rings (SSSR count). The lowest BCUT2D eigenvalue weighted by Gasteiger charge is -2.18. The molecule has 0 aromatic heterocycles. The average Bonchev–Trinajstić information content (AvgIpc) is 2.95. The predicted molar refractivity (Wildman–Crippen MR) is 90.1 cm³/mol. The van der Waals surface area contributed by atoms with E-state index in [1.54, 1.807) is 0 Å². The number of anilines is 1. The van der Waals surface area contributed by atoms with Gasteiger partial charge in [0.2, 0.25) is 11.8 Å². The van der Waals surface area contributed by atoms with E-state index in [1.165, 1.54) is 6.07 Å². The summed E-state index contributed by atoms with van der Waals surface area (Å²) in [5.74, 6) is -4.36. The first kappa shape index (κ1) is 17.1. The predicted octanol–water partition coefficient (Wildman–Crippen LogP) is 3.05. The molecule has 0 bridgehead atoms. The third-order valence-corrected chi connectivity index (χ3v) is 4.63. The Labute approximate surface area is 144 Å². The maximum absolute atomic E-state index is 13.8. The number of nitrogens with one attached hydrogen (secondary N) is 2. The van der Waals surface area contributed by atoms with Crippen LogP contribution in [0.4, 0.5) is 14.5 Å². The van der Waals surface area contributed by atoms with Crippen LogP contribution in [0.5, 0.6) is 0 Å². The lowest BCUT2D eigenvalue weighted by Crippen LogP contribution is -2.32. The monoisotopic (exact) mass is 344 g/mol. The van der Waals surface area contributed by atoms with Crippen LogP contribution in [0.1, 0.15) is 22.6 Å². The number of hydrogen-bond donors (Lipinski definition) is 2. The van der Waals surface area contributed by atoms with E-state index in [4.69, 9.17) is 0 Å². The van der Waals surface area contributed by atoms with Crippen molar-refractivity contribution in [2.24, 2.45) is 5.92 Å². The van der Waals surface area contributed by atoms with E-state index in [1.807, 2.05) is 32.0 Å². The fourth-order valence-corrected chi connectivity index (χ4v) is 3.05. The Balaban J connectivity index is 1.89. The van der Waals surface area contributed by atoms with Gasteiger partial charge in [-0.15, -0.1) is 0 Å². The summed E-state index contributed by atoms with van der Waals surface area (Å²) in [5.41, 5.74) is 2.47. The molecule has 2 atom stereocenters. The topological polar surface area (TPSA) is 58.2 Å². The number of carbonyl (C=O) groups excluding carboxylic acids is 2. The minimum atomic E-state index is -1.04. The second kappa shape index (κ2) is 6.63. The minimum Gasteiger partial charge on any atom is -0.355 e. The van der Waals surface area contributed by atoms with Crippen LogP contribution in [0.15, 0.2) is 36.4 Å². The highest BCUT2D eigenvalue weighted by atomic mass is 19.1. The Morgan fingerprint density at radius 1 is 1.12 bits per heavy atom. The van der Waals surface area contributed by atoms with E-state index < -0.39 is 35.1 Å².